The van der Waals surface area contributed by atoms with Gasteiger partial charge in [-0.25, -0.2) is 0 Å². The zero-order valence-corrected chi connectivity index (χ0v) is 9.72. The van der Waals surface area contributed by atoms with Crippen molar-refractivity contribution >= 4 is 23.2 Å². The average Bonchev–Trinajstić information content (AvgIpc) is 2.10. The Morgan fingerprint density at radius 1 is 1.47 bits per heavy atom. The Hall–Kier alpha value is -1.06. The van der Waals surface area contributed by atoms with E-state index in [0.29, 0.717) is 10.7 Å². The second-order valence-corrected chi connectivity index (χ2v) is 4.01. The fourth-order valence-corrected chi connectivity index (χ4v) is 1.67. The summed E-state index contributed by atoms with van der Waals surface area (Å²) in [4.78, 5) is 11.3. The Balaban J connectivity index is 3.00. The fourth-order valence-electron chi connectivity index (χ4n) is 1.30. The lowest BCUT2D eigenvalue weighted by molar-refractivity contribution is -0.123. The average molecular weight is 228 g/mol. The van der Waals surface area contributed by atoms with Crippen molar-refractivity contribution in [3.63, 3.8) is 0 Å². The molecule has 2 N–H and O–H groups in total. The number of benzene rings is 1. The molecule has 0 saturated carbocycles. The van der Waals surface area contributed by atoms with Gasteiger partial charge in [0, 0.05) is 0 Å². The van der Waals surface area contributed by atoms with Gasteiger partial charge in [0.05, 0.1) is 10.7 Å². The van der Waals surface area contributed by atoms with Gasteiger partial charge >= 0.3 is 0 Å². The molecule has 0 heterocycles. The number of rotatable bonds is 2. The number of anilines is 1. The van der Waals surface area contributed by atoms with Crippen LogP contribution in [0.4, 0.5) is 5.69 Å². The molecule has 0 aliphatic carbocycles. The first-order valence-electron chi connectivity index (χ1n) is 4.67. The molecule has 0 fully saturated rings. The molecule has 0 spiro atoms. The first-order valence-corrected chi connectivity index (χ1v) is 5.05. The number of aliphatic hydroxyl groups is 1. The van der Waals surface area contributed by atoms with Crippen LogP contribution in [0.15, 0.2) is 12.1 Å². The molecular weight excluding hydrogens is 214 g/mol. The summed E-state index contributed by atoms with van der Waals surface area (Å²) in [5, 5.41) is 12.1. The second-order valence-electron chi connectivity index (χ2n) is 3.60. The molecule has 0 radical (unpaired) electrons. The number of carbonyl (C=O) groups is 1. The Morgan fingerprint density at radius 2 is 2.07 bits per heavy atom. The van der Waals surface area contributed by atoms with Crippen molar-refractivity contribution in [3.05, 3.63) is 28.3 Å². The molecule has 0 saturated heterocycles. The van der Waals surface area contributed by atoms with Crippen molar-refractivity contribution in [2.75, 3.05) is 5.32 Å². The summed E-state index contributed by atoms with van der Waals surface area (Å²) >= 11 is 5.99. The van der Waals surface area contributed by atoms with Crippen molar-refractivity contribution in [1.82, 2.24) is 0 Å². The van der Waals surface area contributed by atoms with Crippen LogP contribution in [-0.4, -0.2) is 17.1 Å². The molecule has 3 nitrogen and oxygen atoms in total. The minimum absolute atomic E-state index is 0.455. The van der Waals surface area contributed by atoms with Crippen LogP contribution in [0.3, 0.4) is 0 Å². The highest BCUT2D eigenvalue weighted by Crippen LogP contribution is 2.27. The molecule has 1 unspecified atom stereocenters. The fraction of sp³-hybridized carbons (Fsp3) is 0.364. The Labute approximate surface area is 94.1 Å². The van der Waals surface area contributed by atoms with E-state index in [0.717, 1.165) is 11.1 Å². The van der Waals surface area contributed by atoms with E-state index in [-0.39, 0.29) is 0 Å². The van der Waals surface area contributed by atoms with E-state index in [4.69, 9.17) is 16.7 Å². The zero-order chi connectivity index (χ0) is 11.6. The van der Waals surface area contributed by atoms with Gasteiger partial charge in [-0.3, -0.25) is 4.79 Å². The third-order valence-electron chi connectivity index (χ3n) is 2.06. The van der Waals surface area contributed by atoms with Crippen LogP contribution in [-0.2, 0) is 4.79 Å². The van der Waals surface area contributed by atoms with Crippen molar-refractivity contribution in [1.29, 1.82) is 0 Å². The topological polar surface area (TPSA) is 49.3 Å². The lowest BCUT2D eigenvalue weighted by Gasteiger charge is -2.12. The lowest BCUT2D eigenvalue weighted by atomic mass is 10.1. The van der Waals surface area contributed by atoms with Gasteiger partial charge in [-0.2, -0.15) is 0 Å². The number of hydrogen-bond acceptors (Lipinski definition) is 2. The quantitative estimate of drug-likeness (QED) is 0.815. The van der Waals surface area contributed by atoms with Crippen LogP contribution in [0.5, 0.6) is 0 Å². The maximum atomic E-state index is 11.3. The molecule has 1 atom stereocenters. The number of aryl methyl sites for hydroxylation is 2. The highest BCUT2D eigenvalue weighted by atomic mass is 35.5. The maximum absolute atomic E-state index is 11.3. The number of hydrogen-bond donors (Lipinski definition) is 2. The van der Waals surface area contributed by atoms with Crippen LogP contribution in [0.25, 0.3) is 0 Å². The van der Waals surface area contributed by atoms with Gasteiger partial charge in [-0.15, -0.1) is 0 Å². The molecule has 15 heavy (non-hydrogen) atoms. The van der Waals surface area contributed by atoms with E-state index in [1.165, 1.54) is 6.92 Å². The normalized spacial score (nSPS) is 12.3. The molecular formula is C11H14ClNO2. The van der Waals surface area contributed by atoms with Gasteiger partial charge in [-0.1, -0.05) is 17.7 Å². The molecule has 0 bridgehead atoms. The number of halogens is 1. The minimum Gasteiger partial charge on any atom is -0.384 e. The van der Waals surface area contributed by atoms with Crippen LogP contribution < -0.4 is 5.32 Å². The molecule has 4 heteroatoms. The van der Waals surface area contributed by atoms with E-state index in [9.17, 15) is 4.79 Å². The van der Waals surface area contributed by atoms with Crippen LogP contribution in [0, 0.1) is 13.8 Å². The van der Waals surface area contributed by atoms with Crippen LogP contribution in [0.1, 0.15) is 18.1 Å². The molecule has 1 rings (SSSR count). The molecule has 82 valence electrons. The third-order valence-corrected chi connectivity index (χ3v) is 2.36. The first kappa shape index (κ1) is 12.0. The van der Waals surface area contributed by atoms with E-state index < -0.39 is 12.0 Å². The van der Waals surface area contributed by atoms with Gasteiger partial charge in [0.1, 0.15) is 6.10 Å². The SMILES string of the molecule is Cc1cc(C)c(NC(=O)C(C)O)c(Cl)c1. The highest BCUT2D eigenvalue weighted by Gasteiger charge is 2.12. The smallest absolute Gasteiger partial charge is 0.252 e. The monoisotopic (exact) mass is 227 g/mol. The largest absolute Gasteiger partial charge is 0.384 e. The molecule has 0 aromatic heterocycles. The van der Waals surface area contributed by atoms with Gasteiger partial charge in [0.2, 0.25) is 0 Å². The number of amides is 1. The second kappa shape index (κ2) is 4.64. The molecule has 0 aliphatic rings. The standard InChI is InChI=1S/C11H14ClNO2/c1-6-4-7(2)10(9(12)5-6)13-11(15)8(3)14/h4-5,8,14H,1-3H3,(H,13,15). The summed E-state index contributed by atoms with van der Waals surface area (Å²) in [7, 11) is 0. The van der Waals surface area contributed by atoms with Gasteiger partial charge in [-0.05, 0) is 38.0 Å². The Kier molecular flexibility index (Phi) is 3.72. The summed E-state index contributed by atoms with van der Waals surface area (Å²) in [6.45, 7) is 5.20. The number of carbonyl (C=O) groups excluding carboxylic acids is 1. The molecule has 1 amide bonds. The summed E-state index contributed by atoms with van der Waals surface area (Å²) in [5.41, 5.74) is 2.48. The first-order chi connectivity index (χ1) is 6.91. The van der Waals surface area contributed by atoms with Gasteiger partial charge in [0.25, 0.3) is 5.91 Å². The lowest BCUT2D eigenvalue weighted by Crippen LogP contribution is -2.25. The highest BCUT2D eigenvalue weighted by molar-refractivity contribution is 6.34. The predicted molar refractivity (Wildman–Crippen MR) is 61.2 cm³/mol. The van der Waals surface area contributed by atoms with Crippen molar-refractivity contribution in [2.24, 2.45) is 0 Å². The zero-order valence-electron chi connectivity index (χ0n) is 8.97. The molecule has 0 aliphatic heterocycles. The van der Waals surface area contributed by atoms with E-state index in [1.807, 2.05) is 19.9 Å². The number of aliphatic hydroxyl groups excluding tert-OH is 1. The summed E-state index contributed by atoms with van der Waals surface area (Å²) < 4.78 is 0. The van der Waals surface area contributed by atoms with Crippen LogP contribution in [0.2, 0.25) is 5.02 Å². The summed E-state index contributed by atoms with van der Waals surface area (Å²) in [6.07, 6.45) is -1.04. The molecule has 1 aromatic carbocycles. The van der Waals surface area contributed by atoms with E-state index in [1.54, 1.807) is 6.07 Å². The third kappa shape index (κ3) is 2.94. The van der Waals surface area contributed by atoms with Gasteiger partial charge in [0.15, 0.2) is 0 Å². The van der Waals surface area contributed by atoms with E-state index in [2.05, 4.69) is 5.32 Å². The number of nitrogens with one attached hydrogen (secondary N) is 1. The van der Waals surface area contributed by atoms with Crippen molar-refractivity contribution < 1.29 is 9.90 Å². The molecule has 1 aromatic rings. The summed E-state index contributed by atoms with van der Waals surface area (Å²) in [6, 6.07) is 3.69. The Morgan fingerprint density at radius 3 is 2.53 bits per heavy atom. The van der Waals surface area contributed by atoms with Gasteiger partial charge < -0.3 is 10.4 Å². The maximum Gasteiger partial charge on any atom is 0.252 e. The summed E-state index contributed by atoms with van der Waals surface area (Å²) in [5.74, 6) is -0.455. The minimum atomic E-state index is -1.04. The Bertz CT molecular complexity index is 365. The predicted octanol–water partition coefficient (Wildman–Crippen LogP) is 2.28. The van der Waals surface area contributed by atoms with Crippen LogP contribution >= 0.6 is 11.6 Å². The van der Waals surface area contributed by atoms with Crippen molar-refractivity contribution in [2.45, 2.75) is 26.9 Å². The van der Waals surface area contributed by atoms with Crippen molar-refractivity contribution in [3.8, 4) is 0 Å². The van der Waals surface area contributed by atoms with E-state index >= 15 is 0 Å².